The Morgan fingerprint density at radius 1 is 1.38 bits per heavy atom. The van der Waals surface area contributed by atoms with Gasteiger partial charge in [-0.3, -0.25) is 19.4 Å². The summed E-state index contributed by atoms with van der Waals surface area (Å²) in [5.74, 6) is 0.642. The molecule has 1 aliphatic rings. The molecule has 128 valence electrons. The fourth-order valence-electron chi connectivity index (χ4n) is 2.72. The lowest BCUT2D eigenvalue weighted by Gasteiger charge is -2.17. The summed E-state index contributed by atoms with van der Waals surface area (Å²) in [4.78, 5) is 24.7. The van der Waals surface area contributed by atoms with Gasteiger partial charge < -0.3 is 5.32 Å². The van der Waals surface area contributed by atoms with Crippen molar-refractivity contribution in [3.63, 3.8) is 0 Å². The SMILES string of the molecule is CC[C@@H](C)n1[nH]c(=O)c2c1NC(=O)CS[C@@H]2c1ccc(Cl)cc1Cl. The van der Waals surface area contributed by atoms with Gasteiger partial charge in [-0.15, -0.1) is 11.8 Å². The maximum absolute atomic E-state index is 12.6. The van der Waals surface area contributed by atoms with Crippen LogP contribution in [0.15, 0.2) is 23.0 Å². The van der Waals surface area contributed by atoms with Crippen LogP contribution >= 0.6 is 35.0 Å². The molecule has 2 aromatic rings. The van der Waals surface area contributed by atoms with Gasteiger partial charge in [0, 0.05) is 16.1 Å². The van der Waals surface area contributed by atoms with Crippen LogP contribution in [0.5, 0.6) is 0 Å². The van der Waals surface area contributed by atoms with Crippen LogP contribution in [0.4, 0.5) is 5.82 Å². The summed E-state index contributed by atoms with van der Waals surface area (Å²) in [6.45, 7) is 4.01. The fraction of sp³-hybridized carbons (Fsp3) is 0.375. The summed E-state index contributed by atoms with van der Waals surface area (Å²) < 4.78 is 1.73. The highest BCUT2D eigenvalue weighted by Crippen LogP contribution is 2.43. The zero-order chi connectivity index (χ0) is 17.4. The van der Waals surface area contributed by atoms with E-state index < -0.39 is 0 Å². The van der Waals surface area contributed by atoms with Gasteiger partial charge in [-0.2, -0.15) is 0 Å². The third-order valence-electron chi connectivity index (χ3n) is 4.14. The van der Waals surface area contributed by atoms with Gasteiger partial charge >= 0.3 is 0 Å². The zero-order valence-electron chi connectivity index (χ0n) is 13.2. The highest BCUT2D eigenvalue weighted by atomic mass is 35.5. The maximum Gasteiger partial charge on any atom is 0.270 e. The molecule has 0 fully saturated rings. The van der Waals surface area contributed by atoms with Gasteiger partial charge in [-0.05, 0) is 31.0 Å². The van der Waals surface area contributed by atoms with Gasteiger partial charge in [-0.1, -0.05) is 36.2 Å². The number of H-pyrrole nitrogens is 1. The summed E-state index contributed by atoms with van der Waals surface area (Å²) in [6.07, 6.45) is 0.826. The van der Waals surface area contributed by atoms with Crippen molar-refractivity contribution in [1.82, 2.24) is 9.78 Å². The van der Waals surface area contributed by atoms with Crippen LogP contribution in [-0.4, -0.2) is 21.4 Å². The molecule has 0 radical (unpaired) electrons. The van der Waals surface area contributed by atoms with E-state index in [0.717, 1.165) is 12.0 Å². The molecule has 0 aliphatic carbocycles. The number of amides is 1. The minimum Gasteiger partial charge on any atom is -0.310 e. The van der Waals surface area contributed by atoms with E-state index in [1.807, 2.05) is 19.9 Å². The fourth-order valence-corrected chi connectivity index (χ4v) is 4.46. The van der Waals surface area contributed by atoms with Crippen molar-refractivity contribution in [3.8, 4) is 0 Å². The van der Waals surface area contributed by atoms with E-state index >= 15 is 0 Å². The first kappa shape index (κ1) is 17.5. The van der Waals surface area contributed by atoms with Crippen molar-refractivity contribution in [2.45, 2.75) is 31.6 Å². The van der Waals surface area contributed by atoms with E-state index in [9.17, 15) is 9.59 Å². The number of thioether (sulfide) groups is 1. The molecule has 0 saturated carbocycles. The number of halogens is 2. The molecular formula is C16H17Cl2N3O2S. The van der Waals surface area contributed by atoms with E-state index in [1.165, 1.54) is 11.8 Å². The Morgan fingerprint density at radius 2 is 2.12 bits per heavy atom. The predicted molar refractivity (Wildman–Crippen MR) is 99.4 cm³/mol. The number of nitrogens with one attached hydrogen (secondary N) is 2. The zero-order valence-corrected chi connectivity index (χ0v) is 15.6. The third kappa shape index (κ3) is 3.10. The van der Waals surface area contributed by atoms with Gasteiger partial charge in [0.25, 0.3) is 5.56 Å². The Morgan fingerprint density at radius 3 is 2.79 bits per heavy atom. The Labute approximate surface area is 153 Å². The Balaban J connectivity index is 2.19. The molecule has 2 atom stereocenters. The van der Waals surface area contributed by atoms with Gasteiger partial charge in [-0.25, -0.2) is 0 Å². The van der Waals surface area contributed by atoms with E-state index in [4.69, 9.17) is 23.2 Å². The minimum absolute atomic E-state index is 0.0613. The predicted octanol–water partition coefficient (Wildman–Crippen LogP) is 4.23. The second kappa shape index (κ2) is 6.86. The summed E-state index contributed by atoms with van der Waals surface area (Å²) >= 11 is 13.7. The summed E-state index contributed by atoms with van der Waals surface area (Å²) in [7, 11) is 0. The van der Waals surface area contributed by atoms with Gasteiger partial charge in [0.05, 0.1) is 16.6 Å². The number of carbonyl (C=O) groups excluding carboxylic acids is 1. The van der Waals surface area contributed by atoms with E-state index in [-0.39, 0.29) is 28.5 Å². The van der Waals surface area contributed by atoms with Crippen molar-refractivity contribution >= 4 is 46.7 Å². The van der Waals surface area contributed by atoms with E-state index in [0.29, 0.717) is 21.4 Å². The van der Waals surface area contributed by atoms with Gasteiger partial charge in [0.15, 0.2) is 0 Å². The van der Waals surface area contributed by atoms with Crippen molar-refractivity contribution in [3.05, 3.63) is 49.7 Å². The Kier molecular flexibility index (Phi) is 4.99. The number of nitrogens with zero attached hydrogens (tertiary/aromatic N) is 1. The number of anilines is 1. The average Bonchev–Trinajstić information content (AvgIpc) is 2.74. The number of fused-ring (bicyclic) bond motifs is 1. The topological polar surface area (TPSA) is 66.9 Å². The number of rotatable bonds is 3. The van der Waals surface area contributed by atoms with Crippen LogP contribution in [0.2, 0.25) is 10.0 Å². The lowest BCUT2D eigenvalue weighted by Crippen LogP contribution is -2.18. The van der Waals surface area contributed by atoms with Crippen LogP contribution in [0.25, 0.3) is 0 Å². The van der Waals surface area contributed by atoms with Crippen LogP contribution in [0, 0.1) is 0 Å². The summed E-state index contributed by atoms with van der Waals surface area (Å²) in [5, 5.41) is 6.39. The number of hydrogen-bond donors (Lipinski definition) is 2. The molecule has 3 rings (SSSR count). The lowest BCUT2D eigenvalue weighted by molar-refractivity contribution is -0.113. The van der Waals surface area contributed by atoms with Crippen LogP contribution in [-0.2, 0) is 4.79 Å². The molecule has 2 N–H and O–H groups in total. The molecule has 5 nitrogen and oxygen atoms in total. The average molecular weight is 386 g/mol. The molecule has 8 heteroatoms. The second-order valence-electron chi connectivity index (χ2n) is 5.74. The number of carbonyl (C=O) groups is 1. The minimum atomic E-state index is -0.335. The number of hydrogen-bond acceptors (Lipinski definition) is 3. The van der Waals surface area contributed by atoms with E-state index in [2.05, 4.69) is 10.4 Å². The number of aromatic amines is 1. The maximum atomic E-state index is 12.6. The number of benzene rings is 1. The first-order valence-electron chi connectivity index (χ1n) is 7.63. The van der Waals surface area contributed by atoms with Crippen LogP contribution in [0.3, 0.4) is 0 Å². The molecule has 24 heavy (non-hydrogen) atoms. The summed E-state index contributed by atoms with van der Waals surface area (Å²) in [6, 6.07) is 5.26. The third-order valence-corrected chi connectivity index (χ3v) is 5.95. The first-order chi connectivity index (χ1) is 11.4. The normalized spacial score (nSPS) is 18.7. The quantitative estimate of drug-likeness (QED) is 0.830. The van der Waals surface area contributed by atoms with Crippen molar-refractivity contribution < 1.29 is 4.79 Å². The van der Waals surface area contributed by atoms with Gasteiger partial charge in [0.2, 0.25) is 5.91 Å². The molecule has 1 aliphatic heterocycles. The largest absolute Gasteiger partial charge is 0.310 e. The number of aromatic nitrogens is 2. The van der Waals surface area contributed by atoms with Crippen molar-refractivity contribution in [2.24, 2.45) is 0 Å². The van der Waals surface area contributed by atoms with E-state index in [1.54, 1.807) is 16.8 Å². The molecular weight excluding hydrogens is 369 g/mol. The molecule has 0 bridgehead atoms. The second-order valence-corrected chi connectivity index (χ2v) is 7.67. The highest BCUT2D eigenvalue weighted by molar-refractivity contribution is 8.00. The standard InChI is InChI=1S/C16H17Cl2N3O2S/c1-3-8(2)21-15-13(16(23)20-21)14(24-7-12(22)19-15)10-5-4-9(17)6-11(10)18/h4-6,8,14H,3,7H2,1-2H3,(H,19,22)(H,20,23)/t8-,14-/m1/s1. The molecule has 0 saturated heterocycles. The summed E-state index contributed by atoms with van der Waals surface area (Å²) in [5.41, 5.74) is 1.09. The highest BCUT2D eigenvalue weighted by Gasteiger charge is 2.32. The first-order valence-corrected chi connectivity index (χ1v) is 9.43. The van der Waals surface area contributed by atoms with Gasteiger partial charge in [0.1, 0.15) is 5.82 Å². The Hall–Kier alpha value is -1.37. The lowest BCUT2D eigenvalue weighted by atomic mass is 10.1. The van der Waals surface area contributed by atoms with Crippen LogP contribution < -0.4 is 10.9 Å². The molecule has 2 heterocycles. The smallest absolute Gasteiger partial charge is 0.270 e. The molecule has 0 spiro atoms. The Bertz CT molecular complexity index is 846. The van der Waals surface area contributed by atoms with Crippen molar-refractivity contribution in [2.75, 3.05) is 11.1 Å². The molecule has 1 amide bonds. The molecule has 1 aromatic carbocycles. The molecule has 1 aromatic heterocycles. The van der Waals surface area contributed by atoms with Crippen LogP contribution in [0.1, 0.15) is 42.7 Å². The monoisotopic (exact) mass is 385 g/mol. The van der Waals surface area contributed by atoms with Crippen molar-refractivity contribution in [1.29, 1.82) is 0 Å². The molecule has 0 unspecified atom stereocenters.